The largest absolute Gasteiger partial charge is 0.381 e. The number of hydrogen-bond donors (Lipinski definition) is 2. The number of morpholine rings is 1. The van der Waals surface area contributed by atoms with Gasteiger partial charge in [-0.15, -0.1) is 0 Å². The maximum Gasteiger partial charge on any atom is 0.191 e. The summed E-state index contributed by atoms with van der Waals surface area (Å²) in [5, 5.41) is 6.80. The average Bonchev–Trinajstić information content (AvgIpc) is 2.74. The lowest BCUT2D eigenvalue weighted by molar-refractivity contribution is 0.0179. The summed E-state index contributed by atoms with van der Waals surface area (Å²) in [4.78, 5) is 7.36. The summed E-state index contributed by atoms with van der Waals surface area (Å²) < 4.78 is 11.2. The van der Waals surface area contributed by atoms with E-state index in [1.54, 1.807) is 0 Å². The summed E-state index contributed by atoms with van der Waals surface area (Å²) in [5.41, 5.74) is 1.31. The summed E-state index contributed by atoms with van der Waals surface area (Å²) in [6, 6.07) is 11.0. The Hall–Kier alpha value is -1.63. The first-order valence-electron chi connectivity index (χ1n) is 10.8. The molecule has 1 unspecified atom stereocenters. The van der Waals surface area contributed by atoms with Gasteiger partial charge in [0.25, 0.3) is 0 Å². The summed E-state index contributed by atoms with van der Waals surface area (Å²) in [6.07, 6.45) is 3.31. The van der Waals surface area contributed by atoms with Crippen LogP contribution in [-0.4, -0.2) is 70.0 Å². The number of rotatable bonds is 12. The molecular weight excluding hydrogens is 352 g/mol. The molecule has 0 spiro atoms. The van der Waals surface area contributed by atoms with E-state index >= 15 is 0 Å². The van der Waals surface area contributed by atoms with Crippen LogP contribution in [0.15, 0.2) is 35.3 Å². The van der Waals surface area contributed by atoms with Crippen LogP contribution in [0.5, 0.6) is 0 Å². The molecule has 1 aromatic carbocycles. The predicted molar refractivity (Wildman–Crippen MR) is 116 cm³/mol. The molecule has 1 heterocycles. The Morgan fingerprint density at radius 2 is 1.86 bits per heavy atom. The molecule has 0 aromatic heterocycles. The molecule has 28 heavy (non-hydrogen) atoms. The molecule has 0 amide bonds. The van der Waals surface area contributed by atoms with Gasteiger partial charge >= 0.3 is 0 Å². The fourth-order valence-corrected chi connectivity index (χ4v) is 3.25. The van der Waals surface area contributed by atoms with Gasteiger partial charge in [-0.2, -0.15) is 0 Å². The van der Waals surface area contributed by atoms with E-state index in [-0.39, 0.29) is 6.04 Å². The first-order chi connectivity index (χ1) is 13.8. The zero-order valence-electron chi connectivity index (χ0n) is 17.7. The Balaban J connectivity index is 1.88. The SMILES string of the molecule is CCCCOCCCNC(=NCC(c1ccccc1)N1CCOCC1)NCC. The lowest BCUT2D eigenvalue weighted by Crippen LogP contribution is -2.42. The first kappa shape index (κ1) is 22.7. The molecule has 1 saturated heterocycles. The molecular formula is C22H38N4O2. The van der Waals surface area contributed by atoms with Gasteiger partial charge in [0.1, 0.15) is 0 Å². The fourth-order valence-electron chi connectivity index (χ4n) is 3.25. The van der Waals surface area contributed by atoms with Crippen molar-refractivity contribution in [2.75, 3.05) is 59.2 Å². The second-order valence-electron chi connectivity index (χ2n) is 7.04. The van der Waals surface area contributed by atoms with E-state index in [0.29, 0.717) is 0 Å². The first-order valence-corrected chi connectivity index (χ1v) is 10.8. The van der Waals surface area contributed by atoms with E-state index in [1.165, 1.54) is 12.0 Å². The van der Waals surface area contributed by atoms with Crippen molar-refractivity contribution in [2.45, 2.75) is 39.2 Å². The van der Waals surface area contributed by atoms with Crippen molar-refractivity contribution in [3.63, 3.8) is 0 Å². The van der Waals surface area contributed by atoms with Gasteiger partial charge in [0.2, 0.25) is 0 Å². The molecule has 1 atom stereocenters. The molecule has 2 N–H and O–H groups in total. The van der Waals surface area contributed by atoms with Crippen LogP contribution in [0.1, 0.15) is 44.7 Å². The molecule has 1 aliphatic rings. The van der Waals surface area contributed by atoms with Crippen LogP contribution < -0.4 is 10.6 Å². The van der Waals surface area contributed by atoms with Crippen LogP contribution in [0, 0.1) is 0 Å². The zero-order chi connectivity index (χ0) is 19.9. The summed E-state index contributed by atoms with van der Waals surface area (Å²) in [7, 11) is 0. The van der Waals surface area contributed by atoms with Crippen LogP contribution in [-0.2, 0) is 9.47 Å². The molecule has 1 aliphatic heterocycles. The van der Waals surface area contributed by atoms with Crippen molar-refractivity contribution < 1.29 is 9.47 Å². The molecule has 0 aliphatic carbocycles. The molecule has 158 valence electrons. The highest BCUT2D eigenvalue weighted by Gasteiger charge is 2.22. The van der Waals surface area contributed by atoms with Crippen LogP contribution in [0.3, 0.4) is 0 Å². The van der Waals surface area contributed by atoms with Crippen LogP contribution in [0.25, 0.3) is 0 Å². The van der Waals surface area contributed by atoms with Gasteiger partial charge in [-0.25, -0.2) is 0 Å². The van der Waals surface area contributed by atoms with E-state index < -0.39 is 0 Å². The molecule has 0 radical (unpaired) electrons. The molecule has 0 saturated carbocycles. The number of benzene rings is 1. The minimum absolute atomic E-state index is 0.276. The predicted octanol–water partition coefficient (Wildman–Crippen LogP) is 2.82. The van der Waals surface area contributed by atoms with Gasteiger partial charge in [0.05, 0.1) is 25.8 Å². The second-order valence-corrected chi connectivity index (χ2v) is 7.04. The Kier molecular flexibility index (Phi) is 11.6. The van der Waals surface area contributed by atoms with Gasteiger partial charge in [-0.1, -0.05) is 43.7 Å². The molecule has 6 nitrogen and oxygen atoms in total. The second kappa shape index (κ2) is 14.4. The number of unbranched alkanes of at least 4 members (excludes halogenated alkanes) is 1. The van der Waals surface area contributed by atoms with Crippen molar-refractivity contribution >= 4 is 5.96 Å². The monoisotopic (exact) mass is 390 g/mol. The average molecular weight is 391 g/mol. The highest BCUT2D eigenvalue weighted by Crippen LogP contribution is 2.22. The molecule has 2 rings (SSSR count). The van der Waals surface area contributed by atoms with E-state index in [0.717, 1.165) is 78.0 Å². The maximum absolute atomic E-state index is 5.63. The van der Waals surface area contributed by atoms with E-state index in [2.05, 4.69) is 59.7 Å². The van der Waals surface area contributed by atoms with Gasteiger partial charge < -0.3 is 20.1 Å². The number of hydrogen-bond acceptors (Lipinski definition) is 4. The number of guanidine groups is 1. The highest BCUT2D eigenvalue weighted by atomic mass is 16.5. The van der Waals surface area contributed by atoms with Gasteiger partial charge in [-0.3, -0.25) is 9.89 Å². The van der Waals surface area contributed by atoms with Crippen molar-refractivity contribution in [2.24, 2.45) is 4.99 Å². The normalized spacial score (nSPS) is 16.7. The Bertz CT molecular complexity index is 533. The van der Waals surface area contributed by atoms with E-state index in [1.807, 2.05) is 0 Å². The topological polar surface area (TPSA) is 58.1 Å². The number of aliphatic imine (C=N–C) groups is 1. The van der Waals surface area contributed by atoms with Gasteiger partial charge in [-0.05, 0) is 25.3 Å². The minimum Gasteiger partial charge on any atom is -0.381 e. The molecule has 1 fully saturated rings. The van der Waals surface area contributed by atoms with E-state index in [9.17, 15) is 0 Å². The molecule has 1 aromatic rings. The van der Waals surface area contributed by atoms with Crippen molar-refractivity contribution in [1.82, 2.24) is 15.5 Å². The summed E-state index contributed by atoms with van der Waals surface area (Å²) >= 11 is 0. The third-order valence-electron chi connectivity index (χ3n) is 4.84. The van der Waals surface area contributed by atoms with Crippen molar-refractivity contribution in [1.29, 1.82) is 0 Å². The third-order valence-corrected chi connectivity index (χ3v) is 4.84. The molecule has 6 heteroatoms. The number of nitrogens with zero attached hydrogens (tertiary/aromatic N) is 2. The van der Waals surface area contributed by atoms with Crippen LogP contribution in [0.4, 0.5) is 0 Å². The number of ether oxygens (including phenoxy) is 2. The Morgan fingerprint density at radius 1 is 1.11 bits per heavy atom. The summed E-state index contributed by atoms with van der Waals surface area (Å²) in [5.74, 6) is 0.880. The Labute approximate surface area is 170 Å². The lowest BCUT2D eigenvalue weighted by Gasteiger charge is -2.34. The number of nitrogens with one attached hydrogen (secondary N) is 2. The standard InChI is InChI=1S/C22H38N4O2/c1-3-5-15-27-16-9-12-24-22(23-4-2)25-19-21(20-10-7-6-8-11-20)26-13-17-28-18-14-26/h6-8,10-11,21H,3-5,9,12-19H2,1-2H3,(H2,23,24,25). The smallest absolute Gasteiger partial charge is 0.191 e. The quantitative estimate of drug-likeness (QED) is 0.327. The lowest BCUT2D eigenvalue weighted by atomic mass is 10.1. The van der Waals surface area contributed by atoms with Crippen LogP contribution in [0.2, 0.25) is 0 Å². The summed E-state index contributed by atoms with van der Waals surface area (Å²) in [6.45, 7) is 11.9. The zero-order valence-corrected chi connectivity index (χ0v) is 17.7. The van der Waals surface area contributed by atoms with Crippen molar-refractivity contribution in [3.8, 4) is 0 Å². The Morgan fingerprint density at radius 3 is 2.57 bits per heavy atom. The third kappa shape index (κ3) is 8.59. The highest BCUT2D eigenvalue weighted by molar-refractivity contribution is 5.79. The van der Waals surface area contributed by atoms with Crippen LogP contribution >= 0.6 is 0 Å². The molecule has 0 bridgehead atoms. The maximum atomic E-state index is 5.63. The van der Waals surface area contributed by atoms with Gasteiger partial charge in [0.15, 0.2) is 5.96 Å². The van der Waals surface area contributed by atoms with E-state index in [4.69, 9.17) is 14.5 Å². The minimum atomic E-state index is 0.276. The van der Waals surface area contributed by atoms with Crippen molar-refractivity contribution in [3.05, 3.63) is 35.9 Å². The fraction of sp³-hybridized carbons (Fsp3) is 0.682. The van der Waals surface area contributed by atoms with Gasteiger partial charge in [0, 0.05) is 39.4 Å².